The van der Waals surface area contributed by atoms with Crippen molar-refractivity contribution in [2.24, 2.45) is 0 Å². The van der Waals surface area contributed by atoms with Gasteiger partial charge in [0.15, 0.2) is 0 Å². The molecule has 2 aromatic rings. The van der Waals surface area contributed by atoms with Gasteiger partial charge in [-0.15, -0.1) is 0 Å². The van der Waals surface area contributed by atoms with E-state index >= 15 is 0 Å². The number of hydrazine groups is 1. The Kier molecular flexibility index (Phi) is 2.48. The van der Waals surface area contributed by atoms with E-state index < -0.39 is 0 Å². The molecule has 0 fully saturated rings. The van der Waals surface area contributed by atoms with Gasteiger partial charge in [-0.3, -0.25) is 9.80 Å². The molecule has 0 saturated heterocycles. The summed E-state index contributed by atoms with van der Waals surface area (Å²) >= 11 is 0. The summed E-state index contributed by atoms with van der Waals surface area (Å²) < 4.78 is 5.31. The number of rotatable bonds is 1. The van der Waals surface area contributed by atoms with Crippen LogP contribution in [0.25, 0.3) is 0 Å². The molecule has 21 heavy (non-hydrogen) atoms. The summed E-state index contributed by atoms with van der Waals surface area (Å²) in [7, 11) is 1.68. The fourth-order valence-electron chi connectivity index (χ4n) is 3.43. The third-order valence-electron chi connectivity index (χ3n) is 4.28. The Balaban J connectivity index is 1.87. The Morgan fingerprint density at radius 1 is 1.19 bits per heavy atom. The summed E-state index contributed by atoms with van der Waals surface area (Å²) in [5.74, 6) is 0.895. The number of fused-ring (bicyclic) bond motifs is 5. The van der Waals surface area contributed by atoms with Gasteiger partial charge in [0.05, 0.1) is 24.5 Å². The smallest absolute Gasteiger partial charge is 0.242 e. The Bertz CT molecular complexity index is 741. The van der Waals surface area contributed by atoms with Gasteiger partial charge in [-0.1, -0.05) is 18.2 Å². The molecule has 4 rings (SSSR count). The van der Waals surface area contributed by atoms with Crippen LogP contribution < -0.4 is 14.8 Å². The molecule has 1 amide bonds. The predicted molar refractivity (Wildman–Crippen MR) is 81.5 cm³/mol. The summed E-state index contributed by atoms with van der Waals surface area (Å²) in [6.07, 6.45) is 0.896. The molecule has 2 aliphatic heterocycles. The molecule has 2 aromatic carbocycles. The van der Waals surface area contributed by atoms with E-state index in [2.05, 4.69) is 17.1 Å². The minimum atomic E-state index is 0.0358. The van der Waals surface area contributed by atoms with Crippen LogP contribution in [0.15, 0.2) is 42.5 Å². The number of amides is 1. The van der Waals surface area contributed by atoms with Crippen LogP contribution in [-0.4, -0.2) is 13.0 Å². The fourth-order valence-corrected chi connectivity index (χ4v) is 3.43. The third kappa shape index (κ3) is 1.59. The predicted octanol–water partition coefficient (Wildman–Crippen LogP) is 3.08. The maximum atomic E-state index is 12.1. The number of nitrogens with zero attached hydrogens (tertiary/aromatic N) is 2. The van der Waals surface area contributed by atoms with Crippen molar-refractivity contribution >= 4 is 17.3 Å². The van der Waals surface area contributed by atoms with Crippen molar-refractivity contribution in [2.45, 2.75) is 19.4 Å². The van der Waals surface area contributed by atoms with Gasteiger partial charge in [-0.2, -0.15) is 0 Å². The second-order valence-electron chi connectivity index (χ2n) is 5.45. The first-order valence-corrected chi connectivity index (χ1v) is 7.06. The number of hydrogen-bond donors (Lipinski definition) is 0. The molecule has 0 bridgehead atoms. The molecule has 0 aromatic heterocycles. The molecular formula is C17H16N2O2. The Hall–Kier alpha value is -2.49. The summed E-state index contributed by atoms with van der Waals surface area (Å²) in [6, 6.07) is 14.4. The monoisotopic (exact) mass is 280 g/mol. The lowest BCUT2D eigenvalue weighted by atomic mass is 10.0. The van der Waals surface area contributed by atoms with E-state index in [0.29, 0.717) is 0 Å². The molecule has 1 atom stereocenters. The quantitative estimate of drug-likeness (QED) is 0.804. The topological polar surface area (TPSA) is 32.8 Å². The molecule has 0 saturated carbocycles. The lowest BCUT2D eigenvalue weighted by molar-refractivity contribution is -0.116. The van der Waals surface area contributed by atoms with Gasteiger partial charge in [0.25, 0.3) is 0 Å². The highest BCUT2D eigenvalue weighted by Crippen LogP contribution is 2.50. The molecule has 0 aliphatic carbocycles. The zero-order chi connectivity index (χ0) is 14.6. The maximum Gasteiger partial charge on any atom is 0.242 e. The second-order valence-corrected chi connectivity index (χ2v) is 5.45. The highest BCUT2D eigenvalue weighted by atomic mass is 16.5. The van der Waals surface area contributed by atoms with Gasteiger partial charge < -0.3 is 4.74 Å². The van der Waals surface area contributed by atoms with Crippen LogP contribution in [0, 0.1) is 0 Å². The molecule has 2 aliphatic rings. The molecule has 2 heterocycles. The maximum absolute atomic E-state index is 12.1. The molecule has 106 valence electrons. The number of benzene rings is 2. The van der Waals surface area contributed by atoms with Crippen LogP contribution in [0.2, 0.25) is 0 Å². The lowest BCUT2D eigenvalue weighted by Gasteiger charge is -2.29. The number of carbonyl (C=O) groups is 1. The van der Waals surface area contributed by atoms with E-state index in [-0.39, 0.29) is 11.9 Å². The van der Waals surface area contributed by atoms with Crippen LogP contribution in [0.5, 0.6) is 5.75 Å². The SMILES string of the molecule is COc1ccc2c(c1)CC1c3ccccc3N(C(C)=O)N21. The number of carbonyl (C=O) groups excluding carboxylic acids is 1. The average molecular weight is 280 g/mol. The normalized spacial score (nSPS) is 18.3. The molecule has 0 radical (unpaired) electrons. The van der Waals surface area contributed by atoms with E-state index in [1.54, 1.807) is 19.0 Å². The van der Waals surface area contributed by atoms with Crippen LogP contribution in [0.3, 0.4) is 0 Å². The Morgan fingerprint density at radius 3 is 2.76 bits per heavy atom. The van der Waals surface area contributed by atoms with Crippen molar-refractivity contribution in [3.05, 3.63) is 53.6 Å². The number of hydrogen-bond acceptors (Lipinski definition) is 3. The van der Waals surface area contributed by atoms with Crippen molar-refractivity contribution in [1.82, 2.24) is 0 Å². The standard InChI is InChI=1S/C17H16N2O2/c1-11(20)18-16-6-4-3-5-14(16)17-10-12-9-13(21-2)7-8-15(12)19(17)18/h3-9,17H,10H2,1-2H3. The van der Waals surface area contributed by atoms with Gasteiger partial charge in [-0.05, 0) is 29.8 Å². The van der Waals surface area contributed by atoms with Gasteiger partial charge >= 0.3 is 0 Å². The van der Waals surface area contributed by atoms with Gasteiger partial charge in [-0.25, -0.2) is 5.01 Å². The first-order chi connectivity index (χ1) is 10.2. The first-order valence-electron chi connectivity index (χ1n) is 7.06. The fraction of sp³-hybridized carbons (Fsp3) is 0.235. The average Bonchev–Trinajstić information content (AvgIpc) is 3.00. The van der Waals surface area contributed by atoms with E-state index in [9.17, 15) is 4.79 Å². The minimum absolute atomic E-state index is 0.0358. The highest BCUT2D eigenvalue weighted by molar-refractivity contribution is 5.98. The molecule has 0 spiro atoms. The zero-order valence-electron chi connectivity index (χ0n) is 12.0. The van der Waals surface area contributed by atoms with Crippen molar-refractivity contribution in [1.29, 1.82) is 0 Å². The summed E-state index contributed by atoms with van der Waals surface area (Å²) in [5.41, 5.74) is 4.52. The Labute approximate surface area is 123 Å². The van der Waals surface area contributed by atoms with Gasteiger partial charge in [0, 0.05) is 18.9 Å². The summed E-state index contributed by atoms with van der Waals surface area (Å²) in [6.45, 7) is 1.61. The van der Waals surface area contributed by atoms with Crippen molar-refractivity contribution < 1.29 is 9.53 Å². The van der Waals surface area contributed by atoms with Crippen molar-refractivity contribution in [3.63, 3.8) is 0 Å². The van der Waals surface area contributed by atoms with Crippen LogP contribution in [0.1, 0.15) is 24.1 Å². The van der Waals surface area contributed by atoms with E-state index in [0.717, 1.165) is 23.5 Å². The van der Waals surface area contributed by atoms with Crippen LogP contribution in [0.4, 0.5) is 11.4 Å². The molecule has 1 unspecified atom stereocenters. The Morgan fingerprint density at radius 2 is 2.00 bits per heavy atom. The van der Waals surface area contributed by atoms with E-state index in [1.807, 2.05) is 30.3 Å². The van der Waals surface area contributed by atoms with Gasteiger partial charge in [0.1, 0.15) is 5.75 Å². The second kappa shape index (κ2) is 4.25. The molecule has 0 N–H and O–H groups in total. The molecule has 4 heteroatoms. The number of anilines is 2. The van der Waals surface area contributed by atoms with Crippen LogP contribution in [-0.2, 0) is 11.2 Å². The van der Waals surface area contributed by atoms with E-state index in [1.165, 1.54) is 11.1 Å². The molecule has 4 nitrogen and oxygen atoms in total. The lowest BCUT2D eigenvalue weighted by Crippen LogP contribution is -2.41. The third-order valence-corrected chi connectivity index (χ3v) is 4.28. The van der Waals surface area contributed by atoms with Gasteiger partial charge in [0.2, 0.25) is 5.91 Å². The number of methoxy groups -OCH3 is 1. The van der Waals surface area contributed by atoms with Crippen LogP contribution >= 0.6 is 0 Å². The minimum Gasteiger partial charge on any atom is -0.497 e. The number of ether oxygens (including phenoxy) is 1. The van der Waals surface area contributed by atoms with Crippen molar-refractivity contribution in [2.75, 3.05) is 17.1 Å². The van der Waals surface area contributed by atoms with E-state index in [4.69, 9.17) is 4.74 Å². The largest absolute Gasteiger partial charge is 0.497 e. The zero-order valence-corrected chi connectivity index (χ0v) is 12.0. The molecular weight excluding hydrogens is 264 g/mol. The highest BCUT2D eigenvalue weighted by Gasteiger charge is 2.43. The van der Waals surface area contributed by atoms with Crippen molar-refractivity contribution in [3.8, 4) is 5.75 Å². The number of para-hydroxylation sites is 1. The first kappa shape index (κ1) is 12.3. The summed E-state index contributed by atoms with van der Waals surface area (Å²) in [5, 5.41) is 3.90. The summed E-state index contributed by atoms with van der Waals surface area (Å²) in [4.78, 5) is 12.1.